The fourth-order valence-corrected chi connectivity index (χ4v) is 3.25. The van der Waals surface area contributed by atoms with Gasteiger partial charge in [-0.1, -0.05) is 43.6 Å². The maximum absolute atomic E-state index is 12.3. The molecule has 1 aromatic carbocycles. The highest BCUT2D eigenvalue weighted by molar-refractivity contribution is 7.15. The smallest absolute Gasteiger partial charge is 0.248 e. The molecule has 1 aromatic heterocycles. The van der Waals surface area contributed by atoms with Crippen molar-refractivity contribution < 1.29 is 9.59 Å². The Bertz CT molecular complexity index is 730. The van der Waals surface area contributed by atoms with Crippen LogP contribution in [0.2, 0.25) is 5.02 Å². The van der Waals surface area contributed by atoms with Crippen LogP contribution in [0.4, 0.5) is 5.13 Å². The minimum absolute atomic E-state index is 0.0172. The quantitative estimate of drug-likeness (QED) is 0.823. The minimum atomic E-state index is -0.585. The Hall–Kier alpha value is -1.92. The van der Waals surface area contributed by atoms with E-state index in [0.717, 1.165) is 10.4 Å². The Morgan fingerprint density at radius 2 is 2.00 bits per heavy atom. The van der Waals surface area contributed by atoms with Crippen LogP contribution >= 0.6 is 22.9 Å². The third kappa shape index (κ3) is 5.04. The van der Waals surface area contributed by atoms with E-state index in [2.05, 4.69) is 15.6 Å². The molecule has 2 N–H and O–H groups in total. The molecule has 2 aromatic rings. The Morgan fingerprint density at radius 1 is 1.29 bits per heavy atom. The van der Waals surface area contributed by atoms with Gasteiger partial charge in [0.2, 0.25) is 11.8 Å². The van der Waals surface area contributed by atoms with E-state index in [1.165, 1.54) is 18.3 Å². The molecule has 24 heavy (non-hydrogen) atoms. The molecule has 0 aliphatic heterocycles. The van der Waals surface area contributed by atoms with Crippen molar-refractivity contribution in [2.45, 2.75) is 33.2 Å². The molecule has 2 rings (SSSR count). The fourth-order valence-electron chi connectivity index (χ4n) is 2.21. The Labute approximate surface area is 150 Å². The third-order valence-electron chi connectivity index (χ3n) is 3.41. The van der Waals surface area contributed by atoms with Crippen LogP contribution in [0.15, 0.2) is 30.5 Å². The third-order valence-corrected chi connectivity index (χ3v) is 4.70. The number of carbonyl (C=O) groups excluding carboxylic acids is 2. The highest BCUT2D eigenvalue weighted by Crippen LogP contribution is 2.24. The van der Waals surface area contributed by atoms with Crippen molar-refractivity contribution >= 4 is 39.9 Å². The summed E-state index contributed by atoms with van der Waals surface area (Å²) < 4.78 is 0. The van der Waals surface area contributed by atoms with Gasteiger partial charge in [0.25, 0.3) is 0 Å². The molecule has 0 spiro atoms. The molecule has 0 fully saturated rings. The molecule has 1 heterocycles. The van der Waals surface area contributed by atoms with Gasteiger partial charge in [0.1, 0.15) is 6.04 Å². The zero-order valence-corrected chi connectivity index (χ0v) is 15.4. The van der Waals surface area contributed by atoms with E-state index in [1.54, 1.807) is 6.20 Å². The number of hydrogen-bond donors (Lipinski definition) is 2. The molecule has 1 atom stereocenters. The lowest BCUT2D eigenvalue weighted by Crippen LogP contribution is -2.46. The number of rotatable bonds is 6. The number of halogens is 1. The largest absolute Gasteiger partial charge is 0.344 e. The summed E-state index contributed by atoms with van der Waals surface area (Å²) >= 11 is 7.56. The van der Waals surface area contributed by atoms with E-state index in [0.29, 0.717) is 16.6 Å². The summed E-state index contributed by atoms with van der Waals surface area (Å²) in [5.74, 6) is -0.516. The Kier molecular flexibility index (Phi) is 6.34. The maximum atomic E-state index is 12.3. The van der Waals surface area contributed by atoms with E-state index in [9.17, 15) is 9.59 Å². The number of thiazole rings is 1. The van der Waals surface area contributed by atoms with Gasteiger partial charge in [0.05, 0.1) is 0 Å². The summed E-state index contributed by atoms with van der Waals surface area (Å²) in [6, 6.07) is 7.05. The Morgan fingerprint density at radius 3 is 2.62 bits per heavy atom. The predicted molar refractivity (Wildman–Crippen MR) is 97.4 cm³/mol. The second-order valence-corrected chi connectivity index (χ2v) is 7.33. The van der Waals surface area contributed by atoms with Crippen LogP contribution in [0, 0.1) is 5.92 Å². The van der Waals surface area contributed by atoms with Crippen LogP contribution in [0.1, 0.15) is 31.2 Å². The molecular weight excluding hydrogens is 346 g/mol. The number of aromatic nitrogens is 1. The van der Waals surface area contributed by atoms with Crippen molar-refractivity contribution in [3.05, 3.63) is 45.9 Å². The maximum Gasteiger partial charge on any atom is 0.248 e. The number of hydrogen-bond acceptors (Lipinski definition) is 4. The highest BCUT2D eigenvalue weighted by Gasteiger charge is 2.23. The van der Waals surface area contributed by atoms with Gasteiger partial charge in [0.15, 0.2) is 5.13 Å². The highest BCUT2D eigenvalue weighted by atomic mass is 35.5. The molecule has 0 aliphatic rings. The molecule has 1 unspecified atom stereocenters. The van der Waals surface area contributed by atoms with Gasteiger partial charge in [-0.25, -0.2) is 4.98 Å². The molecule has 0 bridgehead atoms. The molecule has 0 radical (unpaired) electrons. The molecule has 0 saturated carbocycles. The summed E-state index contributed by atoms with van der Waals surface area (Å²) in [7, 11) is 0. The molecule has 5 nitrogen and oxygen atoms in total. The molecule has 2 amide bonds. The summed E-state index contributed by atoms with van der Waals surface area (Å²) in [5.41, 5.74) is 1.01. The number of carbonyl (C=O) groups is 2. The second kappa shape index (κ2) is 8.26. The van der Waals surface area contributed by atoms with Crippen molar-refractivity contribution in [3.8, 4) is 0 Å². The van der Waals surface area contributed by atoms with E-state index in [4.69, 9.17) is 11.6 Å². The number of nitrogens with one attached hydrogen (secondary N) is 2. The van der Waals surface area contributed by atoms with E-state index < -0.39 is 6.04 Å². The zero-order valence-electron chi connectivity index (χ0n) is 13.8. The first-order valence-electron chi connectivity index (χ1n) is 7.63. The average molecular weight is 366 g/mol. The lowest BCUT2D eigenvalue weighted by atomic mass is 10.0. The lowest BCUT2D eigenvalue weighted by Gasteiger charge is -2.20. The van der Waals surface area contributed by atoms with Crippen LogP contribution in [-0.4, -0.2) is 22.8 Å². The van der Waals surface area contributed by atoms with E-state index >= 15 is 0 Å². The summed E-state index contributed by atoms with van der Waals surface area (Å²) in [5, 5.41) is 6.65. The number of benzene rings is 1. The van der Waals surface area contributed by atoms with Crippen molar-refractivity contribution in [2.24, 2.45) is 5.92 Å². The number of nitrogens with zero attached hydrogens (tertiary/aromatic N) is 1. The van der Waals surface area contributed by atoms with E-state index in [-0.39, 0.29) is 17.7 Å². The van der Waals surface area contributed by atoms with E-state index in [1.807, 2.05) is 38.1 Å². The molecule has 7 heteroatoms. The first-order valence-corrected chi connectivity index (χ1v) is 8.82. The SMILES string of the molecule is CC(=O)NC(C(=O)Nc1ncc(Cc2ccccc2Cl)s1)C(C)C. The predicted octanol–water partition coefficient (Wildman–Crippen LogP) is 3.49. The molecular formula is C17H20ClN3O2S. The monoisotopic (exact) mass is 365 g/mol. The van der Waals surface area contributed by atoms with Crippen LogP contribution in [0.3, 0.4) is 0 Å². The Balaban J connectivity index is 2.04. The van der Waals surface area contributed by atoms with Gasteiger partial charge >= 0.3 is 0 Å². The van der Waals surface area contributed by atoms with Crippen LogP contribution in [0.25, 0.3) is 0 Å². The lowest BCUT2D eigenvalue weighted by molar-refractivity contribution is -0.126. The number of anilines is 1. The van der Waals surface area contributed by atoms with Crippen molar-refractivity contribution in [2.75, 3.05) is 5.32 Å². The topological polar surface area (TPSA) is 71.1 Å². The summed E-state index contributed by atoms with van der Waals surface area (Å²) in [6.45, 7) is 5.16. The zero-order chi connectivity index (χ0) is 17.7. The second-order valence-electron chi connectivity index (χ2n) is 5.81. The normalized spacial score (nSPS) is 12.0. The van der Waals surface area contributed by atoms with Crippen LogP contribution in [-0.2, 0) is 16.0 Å². The standard InChI is InChI=1S/C17H20ClN3O2S/c1-10(2)15(20-11(3)22)16(23)21-17-19-9-13(24-17)8-12-6-4-5-7-14(12)18/h4-7,9-10,15H,8H2,1-3H3,(H,20,22)(H,19,21,23). The van der Waals surface area contributed by atoms with Crippen molar-refractivity contribution in [1.29, 1.82) is 0 Å². The first kappa shape index (κ1) is 18.4. The van der Waals surface area contributed by atoms with Crippen LogP contribution in [0.5, 0.6) is 0 Å². The molecule has 0 aliphatic carbocycles. The summed E-state index contributed by atoms with van der Waals surface area (Å²) in [6.07, 6.45) is 2.39. The van der Waals surface area contributed by atoms with Crippen molar-refractivity contribution in [1.82, 2.24) is 10.3 Å². The van der Waals surface area contributed by atoms with Crippen molar-refractivity contribution in [3.63, 3.8) is 0 Å². The van der Waals surface area contributed by atoms with Gasteiger partial charge in [-0.15, -0.1) is 11.3 Å². The van der Waals surface area contributed by atoms with Gasteiger partial charge in [-0.05, 0) is 17.5 Å². The summed E-state index contributed by atoms with van der Waals surface area (Å²) in [4.78, 5) is 28.8. The first-order chi connectivity index (χ1) is 11.4. The molecule has 128 valence electrons. The van der Waals surface area contributed by atoms with Gasteiger partial charge in [0, 0.05) is 29.4 Å². The minimum Gasteiger partial charge on any atom is -0.344 e. The number of amides is 2. The van der Waals surface area contributed by atoms with Gasteiger partial charge < -0.3 is 10.6 Å². The average Bonchev–Trinajstić information content (AvgIpc) is 2.93. The fraction of sp³-hybridized carbons (Fsp3) is 0.353. The van der Waals surface area contributed by atoms with Gasteiger partial charge in [-0.2, -0.15) is 0 Å². The van der Waals surface area contributed by atoms with Crippen LogP contribution < -0.4 is 10.6 Å². The van der Waals surface area contributed by atoms with Gasteiger partial charge in [-0.3, -0.25) is 9.59 Å². The molecule has 0 saturated heterocycles.